The van der Waals surface area contributed by atoms with Gasteiger partial charge in [0.1, 0.15) is 28.7 Å². The molecule has 2 aromatic heterocycles. The standard InChI is InChI=1S/C20H16Cl3FN4O2/c1-11-16(18(26-30-11)17-13(22)3-2-4-15(17)24)20(29)28-7-5-27(6-8-28)19-14(23)9-12(21)10-25-19/h2-4,9-10H,5-8H2,1H3. The quantitative estimate of drug-likeness (QED) is 0.534. The third-order valence-electron chi connectivity index (χ3n) is 4.93. The molecule has 1 saturated heterocycles. The zero-order valence-corrected chi connectivity index (χ0v) is 18.1. The minimum Gasteiger partial charge on any atom is -0.360 e. The van der Waals surface area contributed by atoms with Crippen LogP contribution in [0.1, 0.15) is 16.1 Å². The molecule has 3 heterocycles. The van der Waals surface area contributed by atoms with E-state index < -0.39 is 5.82 Å². The van der Waals surface area contributed by atoms with E-state index in [1.807, 2.05) is 4.90 Å². The molecular formula is C20H16Cl3FN4O2. The van der Waals surface area contributed by atoms with Gasteiger partial charge in [0.05, 0.1) is 20.6 Å². The fraction of sp³-hybridized carbons (Fsp3) is 0.250. The summed E-state index contributed by atoms with van der Waals surface area (Å²) in [5.41, 5.74) is 0.360. The molecule has 6 nitrogen and oxygen atoms in total. The molecular weight excluding hydrogens is 454 g/mol. The average molecular weight is 470 g/mol. The minimum atomic E-state index is -0.571. The predicted octanol–water partition coefficient (Wildman–Crippen LogP) is 5.11. The van der Waals surface area contributed by atoms with E-state index in [0.29, 0.717) is 47.8 Å². The van der Waals surface area contributed by atoms with Crippen molar-refractivity contribution in [2.75, 3.05) is 31.1 Å². The molecule has 0 bridgehead atoms. The van der Waals surface area contributed by atoms with Gasteiger partial charge in [0.25, 0.3) is 5.91 Å². The molecule has 0 radical (unpaired) electrons. The Kier molecular flexibility index (Phi) is 5.86. The van der Waals surface area contributed by atoms with Crippen LogP contribution in [-0.2, 0) is 0 Å². The van der Waals surface area contributed by atoms with Crippen LogP contribution in [-0.4, -0.2) is 47.1 Å². The van der Waals surface area contributed by atoms with E-state index in [1.54, 1.807) is 24.0 Å². The molecule has 1 fully saturated rings. The first-order valence-corrected chi connectivity index (χ1v) is 10.3. The fourth-order valence-corrected chi connectivity index (χ4v) is 4.19. The average Bonchev–Trinajstić information content (AvgIpc) is 3.08. The van der Waals surface area contributed by atoms with E-state index in [1.165, 1.54) is 18.3 Å². The van der Waals surface area contributed by atoms with Crippen LogP contribution >= 0.6 is 34.8 Å². The molecule has 1 aromatic carbocycles. The second kappa shape index (κ2) is 8.41. The van der Waals surface area contributed by atoms with E-state index in [0.717, 1.165) is 0 Å². The lowest BCUT2D eigenvalue weighted by atomic mass is 10.0. The van der Waals surface area contributed by atoms with Gasteiger partial charge < -0.3 is 14.3 Å². The smallest absolute Gasteiger partial charge is 0.259 e. The Morgan fingerprint density at radius 1 is 1.13 bits per heavy atom. The molecule has 1 amide bonds. The van der Waals surface area contributed by atoms with Crippen molar-refractivity contribution in [1.82, 2.24) is 15.0 Å². The lowest BCUT2D eigenvalue weighted by molar-refractivity contribution is 0.0745. The van der Waals surface area contributed by atoms with Crippen LogP contribution in [0.3, 0.4) is 0 Å². The highest BCUT2D eigenvalue weighted by Crippen LogP contribution is 2.34. The molecule has 1 aliphatic rings. The first kappa shape index (κ1) is 20.9. The molecule has 0 atom stereocenters. The number of pyridine rings is 1. The van der Waals surface area contributed by atoms with Crippen molar-refractivity contribution in [3.8, 4) is 11.3 Å². The number of aryl methyl sites for hydroxylation is 1. The van der Waals surface area contributed by atoms with Crippen molar-refractivity contribution in [3.05, 3.63) is 62.7 Å². The highest BCUT2D eigenvalue weighted by molar-refractivity contribution is 6.36. The monoisotopic (exact) mass is 468 g/mol. The van der Waals surface area contributed by atoms with Crippen molar-refractivity contribution in [2.45, 2.75) is 6.92 Å². The van der Waals surface area contributed by atoms with Crippen LogP contribution < -0.4 is 4.90 Å². The van der Waals surface area contributed by atoms with Gasteiger partial charge >= 0.3 is 0 Å². The lowest BCUT2D eigenvalue weighted by Gasteiger charge is -2.35. The van der Waals surface area contributed by atoms with Crippen molar-refractivity contribution in [2.24, 2.45) is 0 Å². The Morgan fingerprint density at radius 3 is 2.53 bits per heavy atom. The largest absolute Gasteiger partial charge is 0.360 e. The van der Waals surface area contributed by atoms with Gasteiger partial charge in [-0.05, 0) is 25.1 Å². The Bertz CT molecular complexity index is 1090. The van der Waals surface area contributed by atoms with Gasteiger partial charge in [0, 0.05) is 32.4 Å². The van der Waals surface area contributed by atoms with E-state index in [-0.39, 0.29) is 27.8 Å². The van der Waals surface area contributed by atoms with E-state index in [2.05, 4.69) is 10.1 Å². The van der Waals surface area contributed by atoms with Gasteiger partial charge in [-0.3, -0.25) is 4.79 Å². The molecule has 30 heavy (non-hydrogen) atoms. The first-order valence-electron chi connectivity index (χ1n) is 9.12. The van der Waals surface area contributed by atoms with Crippen LogP contribution in [0.4, 0.5) is 10.2 Å². The molecule has 0 unspecified atom stereocenters. The number of aromatic nitrogens is 2. The summed E-state index contributed by atoms with van der Waals surface area (Å²) in [5.74, 6) is 0.0586. The molecule has 0 spiro atoms. The van der Waals surface area contributed by atoms with Crippen molar-refractivity contribution in [3.63, 3.8) is 0 Å². The fourth-order valence-electron chi connectivity index (χ4n) is 3.44. The highest BCUT2D eigenvalue weighted by Gasteiger charge is 2.31. The van der Waals surface area contributed by atoms with Gasteiger partial charge in [0.15, 0.2) is 0 Å². The maximum atomic E-state index is 14.4. The lowest BCUT2D eigenvalue weighted by Crippen LogP contribution is -2.49. The summed E-state index contributed by atoms with van der Waals surface area (Å²) in [6.45, 7) is 3.52. The number of rotatable bonds is 3. The predicted molar refractivity (Wildman–Crippen MR) is 114 cm³/mol. The number of amides is 1. The number of nitrogens with zero attached hydrogens (tertiary/aromatic N) is 4. The number of piperazine rings is 1. The Morgan fingerprint density at radius 2 is 1.87 bits per heavy atom. The number of hydrogen-bond acceptors (Lipinski definition) is 5. The van der Waals surface area contributed by atoms with Crippen LogP contribution in [0, 0.1) is 12.7 Å². The summed E-state index contributed by atoms with van der Waals surface area (Å²) >= 11 is 18.3. The van der Waals surface area contributed by atoms with E-state index in [4.69, 9.17) is 39.3 Å². The van der Waals surface area contributed by atoms with Crippen LogP contribution in [0.15, 0.2) is 35.0 Å². The molecule has 4 rings (SSSR count). The van der Waals surface area contributed by atoms with Crippen molar-refractivity contribution >= 4 is 46.5 Å². The van der Waals surface area contributed by atoms with Gasteiger partial charge in [-0.2, -0.15) is 0 Å². The molecule has 1 aliphatic heterocycles. The Balaban J connectivity index is 1.56. The summed E-state index contributed by atoms with van der Waals surface area (Å²) in [4.78, 5) is 21.2. The van der Waals surface area contributed by atoms with Gasteiger partial charge in [-0.15, -0.1) is 0 Å². The zero-order valence-electron chi connectivity index (χ0n) is 15.8. The SMILES string of the molecule is Cc1onc(-c2c(F)cccc2Cl)c1C(=O)N1CCN(c2ncc(Cl)cc2Cl)CC1. The number of anilines is 1. The Labute approximate surface area is 187 Å². The maximum Gasteiger partial charge on any atom is 0.259 e. The van der Waals surface area contributed by atoms with Gasteiger partial charge in [0.2, 0.25) is 0 Å². The molecule has 3 aromatic rings. The summed E-state index contributed by atoms with van der Waals surface area (Å²) in [6.07, 6.45) is 1.53. The number of halogens is 4. The number of carbonyl (C=O) groups excluding carboxylic acids is 1. The van der Waals surface area contributed by atoms with Crippen molar-refractivity contribution < 1.29 is 13.7 Å². The Hall–Kier alpha value is -2.35. The third-order valence-corrected chi connectivity index (χ3v) is 5.73. The molecule has 10 heteroatoms. The second-order valence-electron chi connectivity index (χ2n) is 6.80. The number of benzene rings is 1. The van der Waals surface area contributed by atoms with Gasteiger partial charge in [-0.1, -0.05) is 46.0 Å². The van der Waals surface area contributed by atoms with Gasteiger partial charge in [-0.25, -0.2) is 9.37 Å². The highest BCUT2D eigenvalue weighted by atomic mass is 35.5. The number of hydrogen-bond donors (Lipinski definition) is 0. The summed E-state index contributed by atoms with van der Waals surface area (Å²) in [7, 11) is 0. The molecule has 156 valence electrons. The van der Waals surface area contributed by atoms with Crippen LogP contribution in [0.5, 0.6) is 0 Å². The second-order valence-corrected chi connectivity index (χ2v) is 8.05. The van der Waals surface area contributed by atoms with Crippen molar-refractivity contribution in [1.29, 1.82) is 0 Å². The third kappa shape index (κ3) is 3.85. The summed E-state index contributed by atoms with van der Waals surface area (Å²) in [5, 5.41) is 4.98. The van der Waals surface area contributed by atoms with Crippen LogP contribution in [0.2, 0.25) is 15.1 Å². The van der Waals surface area contributed by atoms with E-state index >= 15 is 0 Å². The van der Waals surface area contributed by atoms with E-state index in [9.17, 15) is 9.18 Å². The first-order chi connectivity index (χ1) is 14.4. The maximum absolute atomic E-state index is 14.4. The van der Waals surface area contributed by atoms with Crippen LogP contribution in [0.25, 0.3) is 11.3 Å². The molecule has 0 aliphatic carbocycles. The normalized spacial score (nSPS) is 14.3. The topological polar surface area (TPSA) is 62.5 Å². The number of carbonyl (C=O) groups is 1. The minimum absolute atomic E-state index is 0.0511. The molecule has 0 N–H and O–H groups in total. The summed E-state index contributed by atoms with van der Waals surface area (Å²) in [6, 6.07) is 5.93. The zero-order chi connectivity index (χ0) is 21.4. The summed E-state index contributed by atoms with van der Waals surface area (Å²) < 4.78 is 19.6. The molecule has 0 saturated carbocycles.